The maximum absolute atomic E-state index is 13.3. The van der Waals surface area contributed by atoms with Gasteiger partial charge in [-0.25, -0.2) is 14.2 Å². The van der Waals surface area contributed by atoms with E-state index in [1.54, 1.807) is 17.5 Å². The molecular formula is C26H23FN4O3S. The Kier molecular flexibility index (Phi) is 6.27. The molecule has 0 saturated carbocycles. The van der Waals surface area contributed by atoms with Crippen LogP contribution >= 0.6 is 11.3 Å². The van der Waals surface area contributed by atoms with Crippen molar-refractivity contribution in [3.63, 3.8) is 0 Å². The highest BCUT2D eigenvalue weighted by Crippen LogP contribution is 2.29. The third-order valence-corrected chi connectivity index (χ3v) is 6.73. The van der Waals surface area contributed by atoms with Crippen LogP contribution in [0.15, 0.2) is 53.9 Å². The summed E-state index contributed by atoms with van der Waals surface area (Å²) in [6, 6.07) is 13.4. The van der Waals surface area contributed by atoms with Gasteiger partial charge in [-0.2, -0.15) is 0 Å². The fourth-order valence-corrected chi connectivity index (χ4v) is 4.85. The number of thiazole rings is 1. The zero-order chi connectivity index (χ0) is 24.5. The summed E-state index contributed by atoms with van der Waals surface area (Å²) in [6.45, 7) is 2.98. The standard InChI is InChI=1S/C26H23FN4O3S/c1-15(24(32)30-26-29-22(14-35-26)16-7-9-17(27)10-8-16)34-25(33)23-18-5-3-4-6-20(18)28-21-11-12-31(2)13-19(21)23/h3-10,14-15H,11-13H2,1-2H3,(H,29,30,32). The van der Waals surface area contributed by atoms with E-state index in [2.05, 4.69) is 15.2 Å². The van der Waals surface area contributed by atoms with Gasteiger partial charge in [0.05, 0.1) is 16.8 Å². The number of hydrogen-bond acceptors (Lipinski definition) is 7. The Morgan fingerprint density at radius 2 is 1.91 bits per heavy atom. The van der Waals surface area contributed by atoms with E-state index in [1.807, 2.05) is 31.3 Å². The van der Waals surface area contributed by atoms with Crippen LogP contribution in [-0.2, 0) is 22.5 Å². The molecule has 1 atom stereocenters. The molecule has 35 heavy (non-hydrogen) atoms. The van der Waals surface area contributed by atoms with Crippen LogP contribution in [0.5, 0.6) is 0 Å². The van der Waals surface area contributed by atoms with E-state index >= 15 is 0 Å². The second-order valence-electron chi connectivity index (χ2n) is 8.50. The Hall–Kier alpha value is -3.69. The van der Waals surface area contributed by atoms with Crippen molar-refractivity contribution >= 4 is 39.2 Å². The number of fused-ring (bicyclic) bond motifs is 2. The van der Waals surface area contributed by atoms with Crippen molar-refractivity contribution in [3.8, 4) is 11.3 Å². The van der Waals surface area contributed by atoms with Crippen molar-refractivity contribution in [1.29, 1.82) is 0 Å². The summed E-state index contributed by atoms with van der Waals surface area (Å²) in [5.41, 5.74) is 4.29. The average Bonchev–Trinajstić information content (AvgIpc) is 3.31. The molecule has 2 aromatic heterocycles. The molecule has 2 aromatic carbocycles. The molecule has 1 N–H and O–H groups in total. The lowest BCUT2D eigenvalue weighted by Crippen LogP contribution is -2.32. The van der Waals surface area contributed by atoms with Crippen molar-refractivity contribution in [2.24, 2.45) is 0 Å². The first-order chi connectivity index (χ1) is 16.9. The van der Waals surface area contributed by atoms with E-state index < -0.39 is 18.0 Å². The fraction of sp³-hybridized carbons (Fsp3) is 0.231. The lowest BCUT2D eigenvalue weighted by atomic mass is 9.96. The van der Waals surface area contributed by atoms with Gasteiger partial charge in [-0.3, -0.25) is 15.1 Å². The maximum Gasteiger partial charge on any atom is 0.339 e. The van der Waals surface area contributed by atoms with Gasteiger partial charge in [0.15, 0.2) is 11.2 Å². The number of hydrogen-bond donors (Lipinski definition) is 1. The summed E-state index contributed by atoms with van der Waals surface area (Å²) in [5.74, 6) is -1.37. The van der Waals surface area contributed by atoms with Crippen LogP contribution < -0.4 is 5.32 Å². The van der Waals surface area contributed by atoms with E-state index in [0.29, 0.717) is 28.3 Å². The number of pyridine rings is 1. The first kappa shape index (κ1) is 23.1. The number of halogens is 1. The number of anilines is 1. The van der Waals surface area contributed by atoms with Gasteiger partial charge in [0.2, 0.25) is 0 Å². The Morgan fingerprint density at radius 1 is 1.14 bits per heavy atom. The summed E-state index contributed by atoms with van der Waals surface area (Å²) < 4.78 is 18.8. The number of ether oxygens (including phenoxy) is 1. The summed E-state index contributed by atoms with van der Waals surface area (Å²) in [6.07, 6.45) is -0.294. The average molecular weight is 491 g/mol. The molecule has 0 saturated heterocycles. The van der Waals surface area contributed by atoms with Gasteiger partial charge in [-0.1, -0.05) is 18.2 Å². The number of likely N-dealkylation sites (N-methyl/N-ethyl adjacent to an activating group) is 1. The van der Waals surface area contributed by atoms with E-state index in [-0.39, 0.29) is 5.82 Å². The molecular weight excluding hydrogens is 467 g/mol. The summed E-state index contributed by atoms with van der Waals surface area (Å²) in [5, 5.41) is 5.55. The van der Waals surface area contributed by atoms with Gasteiger partial charge in [0.1, 0.15) is 5.82 Å². The molecule has 0 fully saturated rings. The Balaban J connectivity index is 1.34. The fourth-order valence-electron chi connectivity index (χ4n) is 4.12. The quantitative estimate of drug-likeness (QED) is 0.410. The molecule has 9 heteroatoms. The van der Waals surface area contributed by atoms with Crippen LogP contribution in [0, 0.1) is 5.82 Å². The van der Waals surface area contributed by atoms with E-state index in [4.69, 9.17) is 9.72 Å². The van der Waals surface area contributed by atoms with Crippen LogP contribution in [-0.4, -0.2) is 46.4 Å². The monoisotopic (exact) mass is 490 g/mol. The third-order valence-electron chi connectivity index (χ3n) is 5.97. The Morgan fingerprint density at radius 3 is 2.71 bits per heavy atom. The molecule has 0 spiro atoms. The van der Waals surface area contributed by atoms with Gasteiger partial charge >= 0.3 is 5.97 Å². The van der Waals surface area contributed by atoms with Crippen molar-refractivity contribution in [2.75, 3.05) is 18.9 Å². The van der Waals surface area contributed by atoms with E-state index in [1.165, 1.54) is 30.4 Å². The van der Waals surface area contributed by atoms with Crippen LogP contribution in [0.2, 0.25) is 0 Å². The third kappa shape index (κ3) is 4.78. The van der Waals surface area contributed by atoms with E-state index in [0.717, 1.165) is 35.3 Å². The highest BCUT2D eigenvalue weighted by Gasteiger charge is 2.28. The van der Waals surface area contributed by atoms with Crippen molar-refractivity contribution < 1.29 is 18.7 Å². The topological polar surface area (TPSA) is 84.4 Å². The number of amides is 1. The van der Waals surface area contributed by atoms with Crippen LogP contribution in [0.1, 0.15) is 28.5 Å². The molecule has 4 aromatic rings. The number of rotatable bonds is 5. The van der Waals surface area contributed by atoms with Crippen LogP contribution in [0.3, 0.4) is 0 Å². The zero-order valence-corrected chi connectivity index (χ0v) is 20.1. The zero-order valence-electron chi connectivity index (χ0n) is 19.2. The molecule has 1 aliphatic heterocycles. The van der Waals surface area contributed by atoms with E-state index in [9.17, 15) is 14.0 Å². The Bertz CT molecular complexity index is 1420. The molecule has 0 aliphatic carbocycles. The molecule has 7 nitrogen and oxygen atoms in total. The lowest BCUT2D eigenvalue weighted by molar-refractivity contribution is -0.123. The maximum atomic E-state index is 13.3. The number of benzene rings is 2. The number of carbonyl (C=O) groups excluding carboxylic acids is 2. The van der Waals surface area contributed by atoms with Crippen molar-refractivity contribution in [3.05, 3.63) is 76.5 Å². The Labute approximate surface area is 205 Å². The van der Waals surface area contributed by atoms with Crippen LogP contribution in [0.4, 0.5) is 9.52 Å². The summed E-state index contributed by atoms with van der Waals surface area (Å²) in [4.78, 5) is 37.4. The smallest absolute Gasteiger partial charge is 0.339 e. The molecule has 1 aliphatic rings. The summed E-state index contributed by atoms with van der Waals surface area (Å²) in [7, 11) is 2.00. The second-order valence-corrected chi connectivity index (χ2v) is 9.36. The second kappa shape index (κ2) is 9.52. The first-order valence-electron chi connectivity index (χ1n) is 11.2. The lowest BCUT2D eigenvalue weighted by Gasteiger charge is -2.27. The van der Waals surface area contributed by atoms with Gasteiger partial charge in [-0.15, -0.1) is 11.3 Å². The molecule has 0 radical (unpaired) electrons. The molecule has 1 unspecified atom stereocenters. The number of nitrogens with zero attached hydrogens (tertiary/aromatic N) is 3. The van der Waals surface area contributed by atoms with Crippen molar-refractivity contribution in [2.45, 2.75) is 26.0 Å². The van der Waals surface area contributed by atoms with Gasteiger partial charge in [0, 0.05) is 47.1 Å². The molecule has 3 heterocycles. The highest BCUT2D eigenvalue weighted by atomic mass is 32.1. The number of aromatic nitrogens is 2. The SMILES string of the molecule is CC(OC(=O)c1c2c(nc3ccccc13)CCN(C)C2)C(=O)Nc1nc(-c2ccc(F)cc2)cs1. The predicted molar refractivity (Wildman–Crippen MR) is 133 cm³/mol. The number of para-hydroxylation sites is 1. The highest BCUT2D eigenvalue weighted by molar-refractivity contribution is 7.14. The predicted octanol–water partition coefficient (Wildman–Crippen LogP) is 4.67. The minimum absolute atomic E-state index is 0.331. The minimum atomic E-state index is -1.04. The van der Waals surface area contributed by atoms with Gasteiger partial charge in [0.25, 0.3) is 5.91 Å². The van der Waals surface area contributed by atoms with Crippen molar-refractivity contribution in [1.82, 2.24) is 14.9 Å². The first-order valence-corrected chi connectivity index (χ1v) is 12.1. The molecule has 1 amide bonds. The largest absolute Gasteiger partial charge is 0.449 e. The minimum Gasteiger partial charge on any atom is -0.449 e. The molecule has 0 bridgehead atoms. The normalized spacial score (nSPS) is 14.4. The molecule has 178 valence electrons. The number of nitrogens with one attached hydrogen (secondary N) is 1. The molecule has 5 rings (SSSR count). The number of carbonyl (C=O) groups is 2. The number of esters is 1. The van der Waals surface area contributed by atoms with Crippen LogP contribution in [0.25, 0.3) is 22.2 Å². The van der Waals surface area contributed by atoms with Gasteiger partial charge < -0.3 is 9.64 Å². The van der Waals surface area contributed by atoms with Gasteiger partial charge in [-0.05, 0) is 44.3 Å². The summed E-state index contributed by atoms with van der Waals surface area (Å²) >= 11 is 1.24.